The first-order valence-corrected chi connectivity index (χ1v) is 5.82. The molecule has 3 nitrogen and oxygen atoms in total. The molecule has 1 aromatic carbocycles. The first-order chi connectivity index (χ1) is 7.72. The maximum absolute atomic E-state index is 8.99. The summed E-state index contributed by atoms with van der Waals surface area (Å²) in [5, 5.41) is 12.1. The molecule has 90 valence electrons. The Morgan fingerprint density at radius 2 is 2.12 bits per heavy atom. The third-order valence-electron chi connectivity index (χ3n) is 2.81. The molecule has 0 saturated carbocycles. The van der Waals surface area contributed by atoms with Crippen LogP contribution in [0.5, 0.6) is 0 Å². The SMILES string of the molecule is CCN(CCO)c1ccc(CNC)c(C)c1. The van der Waals surface area contributed by atoms with Gasteiger partial charge in [-0.2, -0.15) is 0 Å². The van der Waals surface area contributed by atoms with Crippen LogP contribution in [0.2, 0.25) is 0 Å². The van der Waals surface area contributed by atoms with E-state index in [0.29, 0.717) is 6.54 Å². The van der Waals surface area contributed by atoms with E-state index in [-0.39, 0.29) is 6.61 Å². The summed E-state index contributed by atoms with van der Waals surface area (Å²) in [6.07, 6.45) is 0. The molecule has 0 radical (unpaired) electrons. The van der Waals surface area contributed by atoms with Crippen molar-refractivity contribution in [2.24, 2.45) is 0 Å². The predicted octanol–water partition coefficient (Wildman–Crippen LogP) is 1.53. The zero-order valence-electron chi connectivity index (χ0n) is 10.5. The molecule has 0 spiro atoms. The third-order valence-corrected chi connectivity index (χ3v) is 2.81. The molecular weight excluding hydrogens is 200 g/mol. The zero-order chi connectivity index (χ0) is 12.0. The molecule has 0 amide bonds. The Kier molecular flexibility index (Phi) is 5.29. The number of hydrogen-bond donors (Lipinski definition) is 2. The Balaban J connectivity index is 2.85. The van der Waals surface area contributed by atoms with E-state index in [1.54, 1.807) is 0 Å². The van der Waals surface area contributed by atoms with Crippen LogP contribution < -0.4 is 10.2 Å². The summed E-state index contributed by atoms with van der Waals surface area (Å²) in [5.74, 6) is 0. The van der Waals surface area contributed by atoms with Crippen LogP contribution in [0.15, 0.2) is 18.2 Å². The van der Waals surface area contributed by atoms with Gasteiger partial charge in [0.15, 0.2) is 0 Å². The molecule has 0 aliphatic rings. The number of hydrogen-bond acceptors (Lipinski definition) is 3. The highest BCUT2D eigenvalue weighted by atomic mass is 16.3. The van der Waals surface area contributed by atoms with Gasteiger partial charge in [-0.1, -0.05) is 6.07 Å². The van der Waals surface area contributed by atoms with Gasteiger partial charge in [0.2, 0.25) is 0 Å². The Hall–Kier alpha value is -1.06. The fourth-order valence-electron chi connectivity index (χ4n) is 1.86. The standard InChI is InChI=1S/C13H22N2O/c1-4-15(7-8-16)13-6-5-12(10-14-3)11(2)9-13/h5-6,9,14,16H,4,7-8,10H2,1-3H3. The maximum atomic E-state index is 8.99. The fraction of sp³-hybridized carbons (Fsp3) is 0.538. The maximum Gasteiger partial charge on any atom is 0.0606 e. The predicted molar refractivity (Wildman–Crippen MR) is 68.9 cm³/mol. The molecule has 1 rings (SSSR count). The van der Waals surface area contributed by atoms with Crippen LogP contribution in [0, 0.1) is 6.92 Å². The molecule has 0 aliphatic carbocycles. The van der Waals surface area contributed by atoms with E-state index in [0.717, 1.165) is 13.1 Å². The van der Waals surface area contributed by atoms with Crippen LogP contribution in [-0.2, 0) is 6.54 Å². The summed E-state index contributed by atoms with van der Waals surface area (Å²) in [6.45, 7) is 6.95. The van der Waals surface area contributed by atoms with Gasteiger partial charge in [-0.15, -0.1) is 0 Å². The second kappa shape index (κ2) is 6.51. The molecule has 0 aromatic heterocycles. The number of aliphatic hydroxyl groups is 1. The smallest absolute Gasteiger partial charge is 0.0606 e. The lowest BCUT2D eigenvalue weighted by Crippen LogP contribution is -2.26. The van der Waals surface area contributed by atoms with Gasteiger partial charge < -0.3 is 15.3 Å². The van der Waals surface area contributed by atoms with E-state index in [2.05, 4.69) is 42.3 Å². The van der Waals surface area contributed by atoms with E-state index in [4.69, 9.17) is 5.11 Å². The number of aliphatic hydroxyl groups excluding tert-OH is 1. The van der Waals surface area contributed by atoms with Crippen LogP contribution in [0.25, 0.3) is 0 Å². The molecule has 16 heavy (non-hydrogen) atoms. The second-order valence-electron chi connectivity index (χ2n) is 3.94. The van der Waals surface area contributed by atoms with Crippen LogP contribution in [-0.4, -0.2) is 31.9 Å². The molecule has 2 N–H and O–H groups in total. The molecule has 3 heteroatoms. The van der Waals surface area contributed by atoms with Crippen molar-refractivity contribution in [3.8, 4) is 0 Å². The molecule has 0 aliphatic heterocycles. The summed E-state index contributed by atoms with van der Waals surface area (Å²) in [5.41, 5.74) is 3.81. The number of nitrogens with zero attached hydrogens (tertiary/aromatic N) is 1. The molecule has 0 heterocycles. The van der Waals surface area contributed by atoms with Crippen molar-refractivity contribution >= 4 is 5.69 Å². The van der Waals surface area contributed by atoms with Crippen LogP contribution in [0.1, 0.15) is 18.1 Å². The minimum Gasteiger partial charge on any atom is -0.395 e. The normalized spacial score (nSPS) is 10.5. The van der Waals surface area contributed by atoms with Crippen molar-refractivity contribution in [1.29, 1.82) is 0 Å². The highest BCUT2D eigenvalue weighted by Crippen LogP contribution is 2.18. The average Bonchev–Trinajstić information content (AvgIpc) is 2.29. The molecule has 0 bridgehead atoms. The van der Waals surface area contributed by atoms with Gasteiger partial charge in [-0.3, -0.25) is 0 Å². The molecular formula is C13H22N2O. The van der Waals surface area contributed by atoms with Gasteiger partial charge in [0.1, 0.15) is 0 Å². The summed E-state index contributed by atoms with van der Waals surface area (Å²) in [7, 11) is 1.96. The summed E-state index contributed by atoms with van der Waals surface area (Å²) < 4.78 is 0. The lowest BCUT2D eigenvalue weighted by molar-refractivity contribution is 0.302. The van der Waals surface area contributed by atoms with Gasteiger partial charge >= 0.3 is 0 Å². The molecule has 0 atom stereocenters. The van der Waals surface area contributed by atoms with E-state index in [9.17, 15) is 0 Å². The average molecular weight is 222 g/mol. The minimum absolute atomic E-state index is 0.200. The number of benzene rings is 1. The largest absolute Gasteiger partial charge is 0.395 e. The van der Waals surface area contributed by atoms with Gasteiger partial charge in [-0.05, 0) is 44.2 Å². The monoisotopic (exact) mass is 222 g/mol. The minimum atomic E-state index is 0.200. The van der Waals surface area contributed by atoms with Crippen LogP contribution in [0.4, 0.5) is 5.69 Å². The Morgan fingerprint density at radius 1 is 1.38 bits per heavy atom. The highest BCUT2D eigenvalue weighted by Gasteiger charge is 2.05. The van der Waals surface area contributed by atoms with E-state index >= 15 is 0 Å². The van der Waals surface area contributed by atoms with Crippen molar-refractivity contribution in [2.45, 2.75) is 20.4 Å². The summed E-state index contributed by atoms with van der Waals surface area (Å²) in [6, 6.07) is 6.46. The molecule has 0 saturated heterocycles. The van der Waals surface area contributed by atoms with Crippen molar-refractivity contribution in [1.82, 2.24) is 5.32 Å². The lowest BCUT2D eigenvalue weighted by atomic mass is 10.1. The molecule has 0 fully saturated rings. The summed E-state index contributed by atoms with van der Waals surface area (Å²) >= 11 is 0. The Labute approximate surface area is 98.1 Å². The number of nitrogens with one attached hydrogen (secondary N) is 1. The van der Waals surface area contributed by atoms with Gasteiger partial charge in [-0.25, -0.2) is 0 Å². The Morgan fingerprint density at radius 3 is 2.62 bits per heavy atom. The van der Waals surface area contributed by atoms with Gasteiger partial charge in [0.05, 0.1) is 6.61 Å². The second-order valence-corrected chi connectivity index (χ2v) is 3.94. The fourth-order valence-corrected chi connectivity index (χ4v) is 1.86. The van der Waals surface area contributed by atoms with Gasteiger partial charge in [0, 0.05) is 25.3 Å². The van der Waals surface area contributed by atoms with Crippen LogP contribution >= 0.6 is 0 Å². The molecule has 1 aromatic rings. The highest BCUT2D eigenvalue weighted by molar-refractivity contribution is 5.50. The van der Waals surface area contributed by atoms with Crippen molar-refractivity contribution in [2.75, 3.05) is 31.6 Å². The van der Waals surface area contributed by atoms with Crippen molar-refractivity contribution < 1.29 is 5.11 Å². The van der Waals surface area contributed by atoms with E-state index < -0.39 is 0 Å². The first kappa shape index (κ1) is 13.0. The van der Waals surface area contributed by atoms with Crippen molar-refractivity contribution in [3.05, 3.63) is 29.3 Å². The van der Waals surface area contributed by atoms with E-state index in [1.807, 2.05) is 7.05 Å². The topological polar surface area (TPSA) is 35.5 Å². The third kappa shape index (κ3) is 3.22. The number of anilines is 1. The lowest BCUT2D eigenvalue weighted by Gasteiger charge is -2.23. The molecule has 0 unspecified atom stereocenters. The van der Waals surface area contributed by atoms with Gasteiger partial charge in [0.25, 0.3) is 0 Å². The quantitative estimate of drug-likeness (QED) is 0.766. The van der Waals surface area contributed by atoms with Crippen molar-refractivity contribution in [3.63, 3.8) is 0 Å². The zero-order valence-corrected chi connectivity index (χ0v) is 10.5. The number of rotatable bonds is 6. The Bertz CT molecular complexity index is 326. The number of likely N-dealkylation sites (N-methyl/N-ethyl adjacent to an activating group) is 1. The van der Waals surface area contributed by atoms with Crippen LogP contribution in [0.3, 0.4) is 0 Å². The number of aryl methyl sites for hydroxylation is 1. The summed E-state index contributed by atoms with van der Waals surface area (Å²) in [4.78, 5) is 2.18. The first-order valence-electron chi connectivity index (χ1n) is 5.82. The van der Waals surface area contributed by atoms with E-state index in [1.165, 1.54) is 16.8 Å².